The second-order valence-electron chi connectivity index (χ2n) is 4.27. The van der Waals surface area contributed by atoms with Crippen LogP contribution in [0.3, 0.4) is 0 Å². The molecule has 2 aromatic carbocycles. The van der Waals surface area contributed by atoms with Crippen molar-refractivity contribution in [2.75, 3.05) is 0 Å². The summed E-state index contributed by atoms with van der Waals surface area (Å²) in [6, 6.07) is 12.7. The average Bonchev–Trinajstić information content (AvgIpc) is 2.41. The summed E-state index contributed by atoms with van der Waals surface area (Å²) in [6.07, 6.45) is 2.66. The molecule has 0 aliphatic rings. The molecule has 0 fully saturated rings. The molecule has 0 radical (unpaired) electrons. The average molecular weight is 242 g/mol. The molecular weight excluding hydrogens is 227 g/mol. The van der Waals surface area contributed by atoms with Crippen LogP contribution in [0.4, 0.5) is 4.39 Å². The lowest BCUT2D eigenvalue weighted by Gasteiger charge is -2.06. The van der Waals surface area contributed by atoms with Gasteiger partial charge >= 0.3 is 0 Å². The molecule has 0 bridgehead atoms. The molecule has 0 unspecified atom stereocenters. The summed E-state index contributed by atoms with van der Waals surface area (Å²) in [7, 11) is 0. The Balaban J connectivity index is 2.39. The lowest BCUT2D eigenvalue weighted by molar-refractivity contribution is 0.112. The maximum atomic E-state index is 14.0. The van der Waals surface area contributed by atoms with Gasteiger partial charge in [0.05, 0.1) is 5.56 Å². The predicted molar refractivity (Wildman–Crippen MR) is 71.2 cm³/mol. The standard InChI is InChI=1S/C16H15FO/c1-2-4-12-7-9-13(10-8-12)15-6-3-5-14(11-18)16(15)17/h3,5-11H,2,4H2,1H3. The fourth-order valence-electron chi connectivity index (χ4n) is 2.00. The van der Waals surface area contributed by atoms with Crippen molar-refractivity contribution in [3.8, 4) is 11.1 Å². The zero-order valence-corrected chi connectivity index (χ0v) is 10.3. The van der Waals surface area contributed by atoms with E-state index in [-0.39, 0.29) is 5.56 Å². The van der Waals surface area contributed by atoms with Gasteiger partial charge in [0.1, 0.15) is 5.82 Å². The van der Waals surface area contributed by atoms with Gasteiger partial charge in [-0.25, -0.2) is 4.39 Å². The summed E-state index contributed by atoms with van der Waals surface area (Å²) in [4.78, 5) is 10.7. The minimum Gasteiger partial charge on any atom is -0.298 e. The number of aldehydes is 1. The van der Waals surface area contributed by atoms with E-state index in [1.165, 1.54) is 11.6 Å². The smallest absolute Gasteiger partial charge is 0.153 e. The first-order valence-electron chi connectivity index (χ1n) is 6.09. The number of carbonyl (C=O) groups excluding carboxylic acids is 1. The van der Waals surface area contributed by atoms with E-state index in [9.17, 15) is 9.18 Å². The summed E-state index contributed by atoms with van der Waals surface area (Å²) in [5, 5.41) is 0. The van der Waals surface area contributed by atoms with Crippen molar-refractivity contribution < 1.29 is 9.18 Å². The summed E-state index contributed by atoms with van der Waals surface area (Å²) in [5.74, 6) is -0.448. The zero-order chi connectivity index (χ0) is 13.0. The summed E-state index contributed by atoms with van der Waals surface area (Å²) < 4.78 is 14.0. The van der Waals surface area contributed by atoms with Gasteiger partial charge in [0, 0.05) is 5.56 Å². The minimum atomic E-state index is -0.448. The van der Waals surface area contributed by atoms with Crippen molar-refractivity contribution >= 4 is 6.29 Å². The number of aryl methyl sites for hydroxylation is 1. The Morgan fingerprint density at radius 1 is 1.11 bits per heavy atom. The maximum Gasteiger partial charge on any atom is 0.153 e. The highest BCUT2D eigenvalue weighted by molar-refractivity contribution is 5.79. The highest BCUT2D eigenvalue weighted by Gasteiger charge is 2.08. The van der Waals surface area contributed by atoms with Crippen LogP contribution in [0.15, 0.2) is 42.5 Å². The van der Waals surface area contributed by atoms with Crippen LogP contribution in [0.5, 0.6) is 0 Å². The van der Waals surface area contributed by atoms with Crippen LogP contribution in [0.2, 0.25) is 0 Å². The second-order valence-corrected chi connectivity index (χ2v) is 4.27. The molecule has 2 rings (SSSR count). The molecule has 0 N–H and O–H groups in total. The van der Waals surface area contributed by atoms with Crippen LogP contribution in [0.25, 0.3) is 11.1 Å². The lowest BCUT2D eigenvalue weighted by atomic mass is 10.00. The highest BCUT2D eigenvalue weighted by Crippen LogP contribution is 2.24. The minimum absolute atomic E-state index is 0.102. The van der Waals surface area contributed by atoms with Gasteiger partial charge in [-0.2, -0.15) is 0 Å². The Morgan fingerprint density at radius 3 is 2.44 bits per heavy atom. The molecule has 0 atom stereocenters. The third-order valence-electron chi connectivity index (χ3n) is 2.96. The molecule has 0 saturated heterocycles. The van der Waals surface area contributed by atoms with Crippen molar-refractivity contribution in [2.45, 2.75) is 19.8 Å². The van der Waals surface area contributed by atoms with Crippen LogP contribution >= 0.6 is 0 Å². The van der Waals surface area contributed by atoms with E-state index < -0.39 is 5.82 Å². The number of rotatable bonds is 4. The van der Waals surface area contributed by atoms with E-state index in [0.29, 0.717) is 11.8 Å². The molecule has 2 heteroatoms. The molecule has 2 aromatic rings. The van der Waals surface area contributed by atoms with E-state index in [4.69, 9.17) is 0 Å². The quantitative estimate of drug-likeness (QED) is 0.732. The van der Waals surface area contributed by atoms with Crippen molar-refractivity contribution in [1.82, 2.24) is 0 Å². The molecule has 0 spiro atoms. The van der Waals surface area contributed by atoms with Gasteiger partial charge < -0.3 is 0 Å². The third kappa shape index (κ3) is 2.48. The Bertz CT molecular complexity index is 544. The van der Waals surface area contributed by atoms with Crippen molar-refractivity contribution in [1.29, 1.82) is 0 Å². The largest absolute Gasteiger partial charge is 0.298 e. The van der Waals surface area contributed by atoms with Gasteiger partial charge in [0.25, 0.3) is 0 Å². The van der Waals surface area contributed by atoms with Crippen LogP contribution in [-0.4, -0.2) is 6.29 Å². The Labute approximate surface area is 106 Å². The van der Waals surface area contributed by atoms with Crippen molar-refractivity contribution in [3.63, 3.8) is 0 Å². The van der Waals surface area contributed by atoms with E-state index in [1.54, 1.807) is 12.1 Å². The first-order valence-corrected chi connectivity index (χ1v) is 6.09. The van der Waals surface area contributed by atoms with E-state index >= 15 is 0 Å². The summed E-state index contributed by atoms with van der Waals surface area (Å²) in [5.41, 5.74) is 2.62. The molecule has 0 aliphatic carbocycles. The summed E-state index contributed by atoms with van der Waals surface area (Å²) in [6.45, 7) is 2.13. The highest BCUT2D eigenvalue weighted by atomic mass is 19.1. The van der Waals surface area contributed by atoms with E-state index in [0.717, 1.165) is 18.4 Å². The number of hydrogen-bond acceptors (Lipinski definition) is 1. The van der Waals surface area contributed by atoms with Gasteiger partial charge in [-0.3, -0.25) is 4.79 Å². The van der Waals surface area contributed by atoms with Crippen LogP contribution < -0.4 is 0 Å². The van der Waals surface area contributed by atoms with E-state index in [1.807, 2.05) is 24.3 Å². The van der Waals surface area contributed by atoms with Crippen molar-refractivity contribution in [2.24, 2.45) is 0 Å². The molecule has 0 heterocycles. The predicted octanol–water partition coefficient (Wildman–Crippen LogP) is 4.26. The van der Waals surface area contributed by atoms with Gasteiger partial charge in [-0.05, 0) is 23.6 Å². The monoisotopic (exact) mass is 242 g/mol. The normalized spacial score (nSPS) is 10.3. The molecular formula is C16H15FO. The van der Waals surface area contributed by atoms with Gasteiger partial charge in [0.2, 0.25) is 0 Å². The van der Waals surface area contributed by atoms with Gasteiger partial charge in [-0.1, -0.05) is 49.7 Å². The first-order chi connectivity index (χ1) is 8.76. The third-order valence-corrected chi connectivity index (χ3v) is 2.96. The lowest BCUT2D eigenvalue weighted by Crippen LogP contribution is -1.92. The fourth-order valence-corrected chi connectivity index (χ4v) is 2.00. The number of halogens is 1. The molecule has 1 nitrogen and oxygen atoms in total. The molecule has 18 heavy (non-hydrogen) atoms. The second kappa shape index (κ2) is 5.58. The Kier molecular flexibility index (Phi) is 3.88. The van der Waals surface area contributed by atoms with E-state index in [2.05, 4.69) is 6.92 Å². The molecule has 92 valence electrons. The van der Waals surface area contributed by atoms with Crippen molar-refractivity contribution in [3.05, 3.63) is 59.4 Å². The van der Waals surface area contributed by atoms with Crippen LogP contribution in [0.1, 0.15) is 29.3 Å². The topological polar surface area (TPSA) is 17.1 Å². The van der Waals surface area contributed by atoms with Gasteiger partial charge in [-0.15, -0.1) is 0 Å². The molecule has 0 amide bonds. The zero-order valence-electron chi connectivity index (χ0n) is 10.3. The molecule has 0 aromatic heterocycles. The Morgan fingerprint density at radius 2 is 1.83 bits per heavy atom. The molecule has 0 aliphatic heterocycles. The number of hydrogen-bond donors (Lipinski definition) is 0. The fraction of sp³-hybridized carbons (Fsp3) is 0.188. The van der Waals surface area contributed by atoms with Crippen LogP contribution in [0, 0.1) is 5.82 Å². The molecule has 0 saturated carbocycles. The number of carbonyl (C=O) groups is 1. The van der Waals surface area contributed by atoms with Crippen LogP contribution in [-0.2, 0) is 6.42 Å². The van der Waals surface area contributed by atoms with Gasteiger partial charge in [0.15, 0.2) is 6.29 Å². The Hall–Kier alpha value is -1.96. The SMILES string of the molecule is CCCc1ccc(-c2cccc(C=O)c2F)cc1. The maximum absolute atomic E-state index is 14.0. The first kappa shape index (κ1) is 12.5. The summed E-state index contributed by atoms with van der Waals surface area (Å²) >= 11 is 0. The number of benzene rings is 2.